The molecule has 0 aromatic heterocycles. The highest BCUT2D eigenvalue weighted by molar-refractivity contribution is 9.10. The molecule has 1 N–H and O–H groups in total. The van der Waals surface area contributed by atoms with Gasteiger partial charge in [-0.05, 0) is 24.3 Å². The molecule has 0 heterocycles. The second-order valence-electron chi connectivity index (χ2n) is 3.29. The number of benzene rings is 2. The molecule has 4 heteroatoms. The molecular weight excluding hydrogens is 278 g/mol. The molecule has 2 rings (SSSR count). The summed E-state index contributed by atoms with van der Waals surface area (Å²) in [5.74, 6) is -1.31. The number of rotatable bonds is 1. The van der Waals surface area contributed by atoms with Crippen molar-refractivity contribution < 1.29 is 13.9 Å². The molecule has 16 heavy (non-hydrogen) atoms. The van der Waals surface area contributed by atoms with Gasteiger partial charge in [0, 0.05) is 21.7 Å². The van der Waals surface area contributed by atoms with E-state index < -0.39 is 11.6 Å². The predicted octanol–water partition coefficient (Wildman–Crippen LogP) is 4.10. The highest BCUT2D eigenvalue weighted by atomic mass is 79.9. The second-order valence-corrected chi connectivity index (χ2v) is 4.20. The first-order valence-corrected chi connectivity index (χ1v) is 5.31. The summed E-state index contributed by atoms with van der Waals surface area (Å²) in [5, 5.41) is 9.52. The fourth-order valence-electron chi connectivity index (χ4n) is 1.44. The van der Waals surface area contributed by atoms with Crippen LogP contribution in [0, 0.1) is 11.6 Å². The van der Waals surface area contributed by atoms with Crippen LogP contribution >= 0.6 is 15.9 Å². The third-order valence-corrected chi connectivity index (χ3v) is 2.67. The van der Waals surface area contributed by atoms with Crippen molar-refractivity contribution in [1.82, 2.24) is 0 Å². The van der Waals surface area contributed by atoms with Crippen LogP contribution in [0.4, 0.5) is 8.78 Å². The smallest absolute Gasteiger partial charge is 0.132 e. The van der Waals surface area contributed by atoms with Gasteiger partial charge in [-0.1, -0.05) is 22.0 Å². The molecule has 0 aliphatic rings. The number of phenols is 1. The maximum absolute atomic E-state index is 13.6. The van der Waals surface area contributed by atoms with Crippen LogP contribution in [0.25, 0.3) is 11.1 Å². The largest absolute Gasteiger partial charge is 0.507 e. The Kier molecular flexibility index (Phi) is 2.92. The predicted molar refractivity (Wildman–Crippen MR) is 61.2 cm³/mol. The maximum Gasteiger partial charge on any atom is 0.132 e. The molecule has 0 radical (unpaired) electrons. The molecule has 2 aromatic carbocycles. The van der Waals surface area contributed by atoms with E-state index >= 15 is 0 Å². The molecule has 2 aromatic rings. The average molecular weight is 285 g/mol. The van der Waals surface area contributed by atoms with Gasteiger partial charge >= 0.3 is 0 Å². The van der Waals surface area contributed by atoms with Gasteiger partial charge in [0.25, 0.3) is 0 Å². The van der Waals surface area contributed by atoms with Crippen LogP contribution in [0.1, 0.15) is 0 Å². The van der Waals surface area contributed by atoms with Crippen LogP contribution in [-0.4, -0.2) is 5.11 Å². The first-order chi connectivity index (χ1) is 7.58. The standard InChI is InChI=1S/C12H7BrF2O/c13-7-1-3-9(11(15)5-7)10-4-2-8(14)6-12(10)16/h1-6,16H. The molecule has 0 atom stereocenters. The first kappa shape index (κ1) is 11.1. The van der Waals surface area contributed by atoms with Gasteiger partial charge in [0.15, 0.2) is 0 Å². The van der Waals surface area contributed by atoms with Crippen LogP contribution in [0.2, 0.25) is 0 Å². The Morgan fingerprint density at radius 2 is 1.62 bits per heavy atom. The zero-order valence-electron chi connectivity index (χ0n) is 8.05. The highest BCUT2D eigenvalue weighted by Crippen LogP contribution is 2.32. The van der Waals surface area contributed by atoms with Gasteiger partial charge in [0.05, 0.1) is 0 Å². The van der Waals surface area contributed by atoms with Gasteiger partial charge in [-0.15, -0.1) is 0 Å². The number of hydrogen-bond acceptors (Lipinski definition) is 1. The van der Waals surface area contributed by atoms with Crippen molar-refractivity contribution in [2.45, 2.75) is 0 Å². The van der Waals surface area contributed by atoms with Gasteiger partial charge in [-0.2, -0.15) is 0 Å². The zero-order valence-corrected chi connectivity index (χ0v) is 9.63. The first-order valence-electron chi connectivity index (χ1n) is 4.52. The lowest BCUT2D eigenvalue weighted by Crippen LogP contribution is -1.86. The van der Waals surface area contributed by atoms with E-state index in [1.807, 2.05) is 0 Å². The fraction of sp³-hybridized carbons (Fsp3) is 0. The van der Waals surface area contributed by atoms with E-state index in [0.29, 0.717) is 4.47 Å². The van der Waals surface area contributed by atoms with Gasteiger partial charge in [-0.25, -0.2) is 8.78 Å². The van der Waals surface area contributed by atoms with Gasteiger partial charge in [0.1, 0.15) is 17.4 Å². The van der Waals surface area contributed by atoms with Crippen LogP contribution in [0.15, 0.2) is 40.9 Å². The third kappa shape index (κ3) is 2.07. The lowest BCUT2D eigenvalue weighted by atomic mass is 10.0. The Labute approximate surface area is 99.5 Å². The zero-order chi connectivity index (χ0) is 11.7. The van der Waals surface area contributed by atoms with Crippen LogP contribution in [-0.2, 0) is 0 Å². The second kappa shape index (κ2) is 4.22. The summed E-state index contributed by atoms with van der Waals surface area (Å²) in [4.78, 5) is 0. The van der Waals surface area contributed by atoms with E-state index in [9.17, 15) is 13.9 Å². The Morgan fingerprint density at radius 1 is 0.938 bits per heavy atom. The summed E-state index contributed by atoms with van der Waals surface area (Å²) in [6.45, 7) is 0. The molecule has 0 aliphatic heterocycles. The van der Waals surface area contributed by atoms with Gasteiger partial charge in [0.2, 0.25) is 0 Å². The van der Waals surface area contributed by atoms with Crippen LogP contribution in [0.5, 0.6) is 5.75 Å². The molecule has 0 amide bonds. The van der Waals surface area contributed by atoms with Crippen molar-refractivity contribution in [2.75, 3.05) is 0 Å². The summed E-state index contributed by atoms with van der Waals surface area (Å²) in [6.07, 6.45) is 0. The minimum atomic E-state index is -0.557. The van der Waals surface area contributed by atoms with Crippen molar-refractivity contribution in [3.05, 3.63) is 52.5 Å². The van der Waals surface area contributed by atoms with Crippen molar-refractivity contribution in [2.24, 2.45) is 0 Å². The lowest BCUT2D eigenvalue weighted by molar-refractivity contribution is 0.470. The SMILES string of the molecule is Oc1cc(F)ccc1-c1ccc(Br)cc1F. The molecule has 0 spiro atoms. The van der Waals surface area contributed by atoms with Crippen molar-refractivity contribution >= 4 is 15.9 Å². The fourth-order valence-corrected chi connectivity index (χ4v) is 1.77. The van der Waals surface area contributed by atoms with Crippen molar-refractivity contribution in [3.63, 3.8) is 0 Å². The molecule has 0 fully saturated rings. The normalized spacial score (nSPS) is 10.4. The molecule has 82 valence electrons. The van der Waals surface area contributed by atoms with E-state index in [1.165, 1.54) is 24.3 Å². The maximum atomic E-state index is 13.6. The summed E-state index contributed by atoms with van der Waals surface area (Å²) < 4.78 is 27.0. The van der Waals surface area contributed by atoms with Crippen molar-refractivity contribution in [1.29, 1.82) is 0 Å². The van der Waals surface area contributed by atoms with Gasteiger partial charge < -0.3 is 5.11 Å². The Hall–Kier alpha value is -1.42. The lowest BCUT2D eigenvalue weighted by Gasteiger charge is -2.06. The average Bonchev–Trinajstić information content (AvgIpc) is 2.19. The Balaban J connectivity index is 2.59. The summed E-state index contributed by atoms with van der Waals surface area (Å²) in [7, 11) is 0. The third-order valence-electron chi connectivity index (χ3n) is 2.18. The molecule has 0 saturated carbocycles. The molecule has 0 aliphatic carbocycles. The monoisotopic (exact) mass is 284 g/mol. The van der Waals surface area contributed by atoms with Crippen molar-refractivity contribution in [3.8, 4) is 16.9 Å². The minimum Gasteiger partial charge on any atom is -0.507 e. The van der Waals surface area contributed by atoms with Crippen LogP contribution < -0.4 is 0 Å². The Morgan fingerprint density at radius 3 is 2.25 bits per heavy atom. The molecule has 1 nitrogen and oxygen atoms in total. The topological polar surface area (TPSA) is 20.2 Å². The molecule has 0 saturated heterocycles. The number of phenolic OH excluding ortho intramolecular Hbond substituents is 1. The quantitative estimate of drug-likeness (QED) is 0.836. The highest BCUT2D eigenvalue weighted by Gasteiger charge is 2.10. The van der Waals surface area contributed by atoms with E-state index in [0.717, 1.165) is 6.07 Å². The summed E-state index contributed by atoms with van der Waals surface area (Å²) in [6, 6.07) is 7.94. The van der Waals surface area contributed by atoms with E-state index in [-0.39, 0.29) is 16.9 Å². The minimum absolute atomic E-state index is 0.237. The number of halogens is 3. The molecule has 0 bridgehead atoms. The number of aromatic hydroxyl groups is 1. The van der Waals surface area contributed by atoms with E-state index in [4.69, 9.17) is 0 Å². The Bertz CT molecular complexity index is 491. The van der Waals surface area contributed by atoms with Crippen LogP contribution in [0.3, 0.4) is 0 Å². The van der Waals surface area contributed by atoms with E-state index in [1.54, 1.807) is 6.07 Å². The summed E-state index contributed by atoms with van der Waals surface area (Å²) >= 11 is 3.14. The summed E-state index contributed by atoms with van der Waals surface area (Å²) in [5.41, 5.74) is 0.507. The number of hydrogen-bond donors (Lipinski definition) is 1. The van der Waals surface area contributed by atoms with Gasteiger partial charge in [-0.3, -0.25) is 0 Å². The van der Waals surface area contributed by atoms with E-state index in [2.05, 4.69) is 15.9 Å². The molecular formula is C12H7BrF2O. The molecule has 0 unspecified atom stereocenters.